The molecule has 120 valence electrons. The molecule has 7 heteroatoms. The summed E-state index contributed by atoms with van der Waals surface area (Å²) in [5.41, 5.74) is 0.689. The first-order valence-corrected chi connectivity index (χ1v) is 8.31. The van der Waals surface area contributed by atoms with Crippen LogP contribution in [0, 0.1) is 0 Å². The number of nitrogens with zero attached hydrogens (tertiary/aromatic N) is 2. The zero-order chi connectivity index (χ0) is 16.7. The highest BCUT2D eigenvalue weighted by atomic mass is 35.5. The lowest BCUT2D eigenvalue weighted by atomic mass is 10.2. The molecule has 1 aromatic heterocycles. The van der Waals surface area contributed by atoms with Crippen molar-refractivity contribution in [1.29, 1.82) is 0 Å². The molecule has 0 fully saturated rings. The summed E-state index contributed by atoms with van der Waals surface area (Å²) in [6, 6.07) is 7.19. The van der Waals surface area contributed by atoms with Crippen molar-refractivity contribution in [1.82, 2.24) is 9.97 Å². The van der Waals surface area contributed by atoms with Crippen molar-refractivity contribution in [2.75, 3.05) is 17.7 Å². The number of para-hydroxylation sites is 2. The van der Waals surface area contributed by atoms with Crippen molar-refractivity contribution >= 4 is 35.0 Å². The first kappa shape index (κ1) is 17.3. The van der Waals surface area contributed by atoms with Gasteiger partial charge in [-0.05, 0) is 19.1 Å². The number of hydrogen-bond acceptors (Lipinski definition) is 5. The average Bonchev–Trinajstić information content (AvgIpc) is 2.56. The van der Waals surface area contributed by atoms with E-state index in [1.807, 2.05) is 19.1 Å². The van der Waals surface area contributed by atoms with E-state index in [0.29, 0.717) is 29.0 Å². The molecule has 0 spiro atoms. The van der Waals surface area contributed by atoms with Crippen LogP contribution in [0.4, 0.5) is 5.69 Å². The Morgan fingerprint density at radius 2 is 2.26 bits per heavy atom. The molecule has 0 aliphatic rings. The predicted octanol–water partition coefficient (Wildman–Crippen LogP) is 4.06. The van der Waals surface area contributed by atoms with Crippen LogP contribution in [0.25, 0.3) is 0 Å². The predicted molar refractivity (Wildman–Crippen MR) is 93.5 cm³/mol. The van der Waals surface area contributed by atoms with Gasteiger partial charge in [0.05, 0.1) is 23.5 Å². The summed E-state index contributed by atoms with van der Waals surface area (Å²) < 4.78 is 5.49. The van der Waals surface area contributed by atoms with Gasteiger partial charge in [-0.2, -0.15) is 0 Å². The van der Waals surface area contributed by atoms with Crippen LogP contribution in [0.3, 0.4) is 0 Å². The molecule has 0 aliphatic heterocycles. The normalized spacial score (nSPS) is 10.2. The fourth-order valence-corrected chi connectivity index (χ4v) is 2.47. The lowest BCUT2D eigenvalue weighted by molar-refractivity contribution is 0.102. The number of benzene rings is 1. The quantitative estimate of drug-likeness (QED) is 0.464. The molecule has 1 amide bonds. The average molecular weight is 350 g/mol. The lowest BCUT2D eigenvalue weighted by Gasteiger charge is -2.11. The fraction of sp³-hybridized carbons (Fsp3) is 0.188. The molecule has 2 aromatic rings. The zero-order valence-corrected chi connectivity index (χ0v) is 14.2. The monoisotopic (exact) mass is 349 g/mol. The maximum Gasteiger partial charge on any atom is 0.276 e. The Morgan fingerprint density at radius 3 is 3.00 bits per heavy atom. The Morgan fingerprint density at radius 1 is 1.48 bits per heavy atom. The fourth-order valence-electron chi connectivity index (χ4n) is 1.75. The summed E-state index contributed by atoms with van der Waals surface area (Å²) in [7, 11) is 0. The molecular weight excluding hydrogens is 334 g/mol. The van der Waals surface area contributed by atoms with Gasteiger partial charge in [0.2, 0.25) is 0 Å². The van der Waals surface area contributed by atoms with E-state index in [4.69, 9.17) is 16.3 Å². The lowest BCUT2D eigenvalue weighted by Crippen LogP contribution is -2.16. The van der Waals surface area contributed by atoms with Crippen LogP contribution in [-0.4, -0.2) is 28.2 Å². The molecule has 0 atom stereocenters. The second-order valence-corrected chi connectivity index (χ2v) is 5.73. The second kappa shape index (κ2) is 8.55. The Hall–Kier alpha value is -2.05. The Bertz CT molecular complexity index is 709. The molecule has 2 rings (SSSR count). The summed E-state index contributed by atoms with van der Waals surface area (Å²) in [6.07, 6.45) is 3.16. The van der Waals surface area contributed by atoms with Crippen molar-refractivity contribution in [3.05, 3.63) is 53.8 Å². The SMILES string of the molecule is C=CCSc1ncc(Cl)c(C(=O)Nc2ccccc2OCC)n1. The van der Waals surface area contributed by atoms with Gasteiger partial charge in [0.15, 0.2) is 10.9 Å². The molecule has 1 N–H and O–H groups in total. The van der Waals surface area contributed by atoms with Gasteiger partial charge in [0, 0.05) is 5.75 Å². The van der Waals surface area contributed by atoms with Crippen molar-refractivity contribution in [2.45, 2.75) is 12.1 Å². The number of amides is 1. The summed E-state index contributed by atoms with van der Waals surface area (Å²) in [5.74, 6) is 0.829. The summed E-state index contributed by atoms with van der Waals surface area (Å²) >= 11 is 7.42. The standard InChI is InChI=1S/C16H16ClN3O2S/c1-3-9-23-16-18-10-11(17)14(20-16)15(21)19-12-7-5-6-8-13(12)22-4-2/h3,5-8,10H,1,4,9H2,2H3,(H,19,21). The van der Waals surface area contributed by atoms with Gasteiger partial charge in [-0.1, -0.05) is 41.6 Å². The minimum Gasteiger partial charge on any atom is -0.492 e. The molecule has 0 aliphatic carbocycles. The van der Waals surface area contributed by atoms with E-state index in [2.05, 4.69) is 21.9 Å². The number of rotatable bonds is 7. The molecule has 0 saturated carbocycles. The Kier molecular flexibility index (Phi) is 6.43. The number of halogens is 1. The maximum absolute atomic E-state index is 12.4. The first-order chi connectivity index (χ1) is 11.2. The van der Waals surface area contributed by atoms with E-state index in [1.165, 1.54) is 18.0 Å². The van der Waals surface area contributed by atoms with E-state index >= 15 is 0 Å². The largest absolute Gasteiger partial charge is 0.492 e. The number of hydrogen-bond donors (Lipinski definition) is 1. The van der Waals surface area contributed by atoms with E-state index in [-0.39, 0.29) is 10.7 Å². The van der Waals surface area contributed by atoms with Gasteiger partial charge in [0.25, 0.3) is 5.91 Å². The van der Waals surface area contributed by atoms with Crippen molar-refractivity contribution in [3.63, 3.8) is 0 Å². The van der Waals surface area contributed by atoms with Gasteiger partial charge in [-0.25, -0.2) is 9.97 Å². The molecule has 0 radical (unpaired) electrons. The number of anilines is 1. The third-order valence-corrected chi connectivity index (χ3v) is 3.84. The number of carbonyl (C=O) groups excluding carboxylic acids is 1. The van der Waals surface area contributed by atoms with Crippen LogP contribution in [0.1, 0.15) is 17.4 Å². The molecule has 0 bridgehead atoms. The summed E-state index contributed by atoms with van der Waals surface area (Å²) in [4.78, 5) is 20.7. The first-order valence-electron chi connectivity index (χ1n) is 6.95. The number of thioether (sulfide) groups is 1. The topological polar surface area (TPSA) is 64.1 Å². The number of nitrogens with one attached hydrogen (secondary N) is 1. The van der Waals surface area contributed by atoms with Gasteiger partial charge in [-0.3, -0.25) is 4.79 Å². The van der Waals surface area contributed by atoms with Crippen molar-refractivity contribution in [2.24, 2.45) is 0 Å². The third-order valence-electron chi connectivity index (χ3n) is 2.70. The molecule has 1 aromatic carbocycles. The van der Waals surface area contributed by atoms with Gasteiger partial charge in [0.1, 0.15) is 5.75 Å². The second-order valence-electron chi connectivity index (χ2n) is 4.33. The molecular formula is C16H16ClN3O2S. The van der Waals surface area contributed by atoms with Crippen LogP contribution in [0.5, 0.6) is 5.75 Å². The zero-order valence-electron chi connectivity index (χ0n) is 12.6. The van der Waals surface area contributed by atoms with E-state index in [1.54, 1.807) is 18.2 Å². The highest BCUT2D eigenvalue weighted by Gasteiger charge is 2.16. The van der Waals surface area contributed by atoms with E-state index in [0.717, 1.165) is 0 Å². The maximum atomic E-state index is 12.4. The highest BCUT2D eigenvalue weighted by molar-refractivity contribution is 7.99. The van der Waals surface area contributed by atoms with Crippen LogP contribution < -0.4 is 10.1 Å². The van der Waals surface area contributed by atoms with Gasteiger partial charge >= 0.3 is 0 Å². The van der Waals surface area contributed by atoms with Crippen molar-refractivity contribution in [3.8, 4) is 5.75 Å². The van der Waals surface area contributed by atoms with Gasteiger partial charge < -0.3 is 10.1 Å². The Balaban J connectivity index is 2.22. The summed E-state index contributed by atoms with van der Waals surface area (Å²) in [5, 5.41) is 3.43. The van der Waals surface area contributed by atoms with Crippen LogP contribution in [0.15, 0.2) is 48.3 Å². The van der Waals surface area contributed by atoms with E-state index < -0.39 is 5.91 Å². The molecule has 5 nitrogen and oxygen atoms in total. The smallest absolute Gasteiger partial charge is 0.276 e. The van der Waals surface area contributed by atoms with Crippen LogP contribution in [0.2, 0.25) is 5.02 Å². The summed E-state index contributed by atoms with van der Waals surface area (Å²) in [6.45, 7) is 6.02. The number of carbonyl (C=O) groups is 1. The van der Waals surface area contributed by atoms with Gasteiger partial charge in [-0.15, -0.1) is 6.58 Å². The number of aromatic nitrogens is 2. The van der Waals surface area contributed by atoms with Crippen LogP contribution in [-0.2, 0) is 0 Å². The minimum atomic E-state index is -0.412. The number of ether oxygens (including phenoxy) is 1. The minimum absolute atomic E-state index is 0.125. The van der Waals surface area contributed by atoms with Crippen LogP contribution >= 0.6 is 23.4 Å². The Labute approximate surface area is 144 Å². The highest BCUT2D eigenvalue weighted by Crippen LogP contribution is 2.25. The van der Waals surface area contributed by atoms with E-state index in [9.17, 15) is 4.79 Å². The molecule has 23 heavy (non-hydrogen) atoms. The molecule has 0 unspecified atom stereocenters. The molecule has 1 heterocycles. The molecule has 0 saturated heterocycles. The third kappa shape index (κ3) is 4.71. The van der Waals surface area contributed by atoms with Crippen molar-refractivity contribution < 1.29 is 9.53 Å².